The van der Waals surface area contributed by atoms with Gasteiger partial charge in [-0.05, 0) is 25.0 Å². The van der Waals surface area contributed by atoms with E-state index >= 15 is 0 Å². The molecule has 0 fully saturated rings. The maximum Gasteiger partial charge on any atom is 0.0456 e. The van der Waals surface area contributed by atoms with Crippen molar-refractivity contribution in [3.8, 4) is 0 Å². The largest absolute Gasteiger partial charge is 0.321 e. The minimum absolute atomic E-state index is 0.417. The summed E-state index contributed by atoms with van der Waals surface area (Å²) < 4.78 is 0. The number of benzene rings is 1. The van der Waals surface area contributed by atoms with E-state index in [1.165, 1.54) is 0 Å². The molecule has 1 atom stereocenters. The number of nitrogens with two attached hydrogens (primary N) is 1. The molecule has 1 aromatic rings. The minimum atomic E-state index is -0.417. The van der Waals surface area contributed by atoms with Crippen LogP contribution in [0.25, 0.3) is 0 Å². The molecule has 0 aliphatic carbocycles. The molecular formula is C11H14ClN. The van der Waals surface area contributed by atoms with E-state index in [0.717, 1.165) is 12.0 Å². The van der Waals surface area contributed by atoms with Gasteiger partial charge < -0.3 is 5.73 Å². The summed E-state index contributed by atoms with van der Waals surface area (Å²) in [7, 11) is 0. The van der Waals surface area contributed by atoms with Crippen LogP contribution in [0.5, 0.6) is 0 Å². The minimum Gasteiger partial charge on any atom is -0.321 e. The van der Waals surface area contributed by atoms with Gasteiger partial charge in [-0.2, -0.15) is 0 Å². The Morgan fingerprint density at radius 3 is 2.69 bits per heavy atom. The lowest BCUT2D eigenvalue weighted by Crippen LogP contribution is -2.32. The van der Waals surface area contributed by atoms with Gasteiger partial charge >= 0.3 is 0 Å². The van der Waals surface area contributed by atoms with E-state index in [2.05, 4.69) is 6.58 Å². The molecule has 0 radical (unpaired) electrons. The summed E-state index contributed by atoms with van der Waals surface area (Å²) in [6, 6.07) is 7.64. The van der Waals surface area contributed by atoms with E-state index in [1.807, 2.05) is 37.3 Å². The zero-order valence-corrected chi connectivity index (χ0v) is 8.51. The molecule has 0 aliphatic rings. The number of halogens is 1. The van der Waals surface area contributed by atoms with Gasteiger partial charge in [0.15, 0.2) is 0 Å². The fraction of sp³-hybridized carbons (Fsp3) is 0.273. The molecule has 0 heterocycles. The van der Waals surface area contributed by atoms with Crippen molar-refractivity contribution in [1.29, 1.82) is 0 Å². The first-order valence-electron chi connectivity index (χ1n) is 4.23. The fourth-order valence-electron chi connectivity index (χ4n) is 1.33. The lowest BCUT2D eigenvalue weighted by molar-refractivity contribution is 0.503. The number of hydrogen-bond donors (Lipinski definition) is 1. The highest BCUT2D eigenvalue weighted by atomic mass is 35.5. The van der Waals surface area contributed by atoms with Crippen LogP contribution < -0.4 is 5.73 Å². The second kappa shape index (κ2) is 3.95. The van der Waals surface area contributed by atoms with Crippen LogP contribution in [0.3, 0.4) is 0 Å². The van der Waals surface area contributed by atoms with Gasteiger partial charge in [0.05, 0.1) is 0 Å². The number of hydrogen-bond acceptors (Lipinski definition) is 1. The smallest absolute Gasteiger partial charge is 0.0456 e. The highest BCUT2D eigenvalue weighted by molar-refractivity contribution is 6.31. The molecule has 0 bridgehead atoms. The Morgan fingerprint density at radius 1 is 1.54 bits per heavy atom. The summed E-state index contributed by atoms with van der Waals surface area (Å²) in [6.07, 6.45) is 2.53. The van der Waals surface area contributed by atoms with E-state index in [0.29, 0.717) is 5.02 Å². The maximum atomic E-state index is 6.09. The monoisotopic (exact) mass is 195 g/mol. The summed E-state index contributed by atoms with van der Waals surface area (Å²) in [6.45, 7) is 5.63. The third-order valence-electron chi connectivity index (χ3n) is 2.06. The van der Waals surface area contributed by atoms with Crippen molar-refractivity contribution in [2.24, 2.45) is 5.73 Å². The highest BCUT2D eigenvalue weighted by Gasteiger charge is 2.21. The van der Waals surface area contributed by atoms with Crippen LogP contribution in [-0.4, -0.2) is 0 Å². The average molecular weight is 196 g/mol. The maximum absolute atomic E-state index is 6.09. The Morgan fingerprint density at radius 2 is 2.15 bits per heavy atom. The second-order valence-corrected chi connectivity index (χ2v) is 3.80. The molecule has 0 saturated carbocycles. The molecule has 0 aliphatic heterocycles. The zero-order valence-electron chi connectivity index (χ0n) is 7.76. The molecule has 13 heavy (non-hydrogen) atoms. The quantitative estimate of drug-likeness (QED) is 0.738. The standard InChI is InChI=1S/C11H14ClN/c1-3-8-11(2,13)9-6-4-5-7-10(9)12/h3-7H,1,8,13H2,2H3/t11-/m0/s1. The predicted octanol–water partition coefficient (Wildman–Crippen LogP) is 3.09. The molecule has 1 nitrogen and oxygen atoms in total. The fourth-order valence-corrected chi connectivity index (χ4v) is 1.69. The molecule has 70 valence electrons. The molecule has 0 spiro atoms. The summed E-state index contributed by atoms with van der Waals surface area (Å²) in [5.74, 6) is 0. The van der Waals surface area contributed by atoms with Crippen LogP contribution in [-0.2, 0) is 5.54 Å². The molecule has 0 unspecified atom stereocenters. The lowest BCUT2D eigenvalue weighted by Gasteiger charge is -2.24. The van der Waals surface area contributed by atoms with Crippen LogP contribution in [0.15, 0.2) is 36.9 Å². The average Bonchev–Trinajstić information content (AvgIpc) is 2.04. The van der Waals surface area contributed by atoms with Gasteiger partial charge in [0.25, 0.3) is 0 Å². The van der Waals surface area contributed by atoms with E-state index in [1.54, 1.807) is 0 Å². The van der Waals surface area contributed by atoms with Gasteiger partial charge in [-0.1, -0.05) is 35.9 Å². The van der Waals surface area contributed by atoms with E-state index in [4.69, 9.17) is 17.3 Å². The molecule has 2 heteroatoms. The molecule has 0 saturated heterocycles. The molecule has 0 aromatic heterocycles. The van der Waals surface area contributed by atoms with E-state index in [9.17, 15) is 0 Å². The van der Waals surface area contributed by atoms with Crippen molar-refractivity contribution < 1.29 is 0 Å². The Hall–Kier alpha value is -0.790. The third-order valence-corrected chi connectivity index (χ3v) is 2.39. The summed E-state index contributed by atoms with van der Waals surface area (Å²) >= 11 is 6.03. The van der Waals surface area contributed by atoms with Crippen molar-refractivity contribution in [3.05, 3.63) is 47.5 Å². The Kier molecular flexibility index (Phi) is 3.12. The van der Waals surface area contributed by atoms with E-state index < -0.39 is 5.54 Å². The predicted molar refractivity (Wildman–Crippen MR) is 57.8 cm³/mol. The molecule has 1 aromatic carbocycles. The van der Waals surface area contributed by atoms with Gasteiger partial charge in [0.2, 0.25) is 0 Å². The van der Waals surface area contributed by atoms with Crippen LogP contribution in [0.4, 0.5) is 0 Å². The second-order valence-electron chi connectivity index (χ2n) is 3.39. The number of rotatable bonds is 3. The van der Waals surface area contributed by atoms with Crippen LogP contribution in [0.2, 0.25) is 5.02 Å². The third kappa shape index (κ3) is 2.33. The van der Waals surface area contributed by atoms with Gasteiger partial charge in [0.1, 0.15) is 0 Å². The molecular weight excluding hydrogens is 182 g/mol. The molecule has 2 N–H and O–H groups in total. The summed E-state index contributed by atoms with van der Waals surface area (Å²) in [5.41, 5.74) is 6.65. The van der Waals surface area contributed by atoms with Gasteiger partial charge in [-0.3, -0.25) is 0 Å². The van der Waals surface area contributed by atoms with Crippen molar-refractivity contribution in [2.75, 3.05) is 0 Å². The van der Waals surface area contributed by atoms with Crippen LogP contribution in [0.1, 0.15) is 18.9 Å². The van der Waals surface area contributed by atoms with Gasteiger partial charge in [0, 0.05) is 10.6 Å². The van der Waals surface area contributed by atoms with Gasteiger partial charge in [-0.15, -0.1) is 6.58 Å². The van der Waals surface area contributed by atoms with Crippen molar-refractivity contribution >= 4 is 11.6 Å². The van der Waals surface area contributed by atoms with Crippen LogP contribution >= 0.6 is 11.6 Å². The van der Waals surface area contributed by atoms with Gasteiger partial charge in [-0.25, -0.2) is 0 Å². The SMILES string of the molecule is C=CC[C@](C)(N)c1ccccc1Cl. The highest BCUT2D eigenvalue weighted by Crippen LogP contribution is 2.28. The van der Waals surface area contributed by atoms with E-state index in [-0.39, 0.29) is 0 Å². The van der Waals surface area contributed by atoms with Crippen molar-refractivity contribution in [3.63, 3.8) is 0 Å². The first kappa shape index (κ1) is 10.3. The lowest BCUT2D eigenvalue weighted by atomic mass is 9.90. The van der Waals surface area contributed by atoms with Crippen LogP contribution in [0, 0.1) is 0 Å². The Balaban J connectivity index is 3.06. The van der Waals surface area contributed by atoms with Crippen molar-refractivity contribution in [1.82, 2.24) is 0 Å². The molecule has 1 rings (SSSR count). The Labute approximate surface area is 84.2 Å². The molecule has 0 amide bonds. The topological polar surface area (TPSA) is 26.0 Å². The summed E-state index contributed by atoms with van der Waals surface area (Å²) in [5, 5.41) is 0.717. The first-order valence-corrected chi connectivity index (χ1v) is 4.60. The summed E-state index contributed by atoms with van der Waals surface area (Å²) in [4.78, 5) is 0. The van der Waals surface area contributed by atoms with Crippen molar-refractivity contribution in [2.45, 2.75) is 18.9 Å². The zero-order chi connectivity index (χ0) is 9.90. The Bertz CT molecular complexity index is 305. The normalized spacial score (nSPS) is 15.0. The first-order chi connectivity index (χ1) is 6.08.